The van der Waals surface area contributed by atoms with Gasteiger partial charge < -0.3 is 5.11 Å². The van der Waals surface area contributed by atoms with Crippen molar-refractivity contribution in [2.75, 3.05) is 14.1 Å². The maximum Gasteiger partial charge on any atom is 0.121 e. The molecule has 0 bridgehead atoms. The number of nitrogens with one attached hydrogen (secondary N) is 1. The smallest absolute Gasteiger partial charge is 0.121 e. The van der Waals surface area contributed by atoms with Gasteiger partial charge in [-0.2, -0.15) is 0 Å². The molecule has 2 N–H and O–H groups in total. The summed E-state index contributed by atoms with van der Waals surface area (Å²) in [6.07, 6.45) is 0. The van der Waals surface area contributed by atoms with Gasteiger partial charge in [0.1, 0.15) is 5.75 Å². The summed E-state index contributed by atoms with van der Waals surface area (Å²) in [6.45, 7) is 4.62. The number of aryl methyl sites for hydroxylation is 2. The number of rotatable bonds is 3. The Bertz CT molecular complexity index is 298. The van der Waals surface area contributed by atoms with Crippen LogP contribution in [0.2, 0.25) is 0 Å². The van der Waals surface area contributed by atoms with Crippen molar-refractivity contribution >= 4 is 0 Å². The molecule has 3 nitrogen and oxygen atoms in total. The first-order chi connectivity index (χ1) is 6.50. The molecule has 0 fully saturated rings. The minimum Gasteiger partial charge on any atom is -0.507 e. The lowest BCUT2D eigenvalue weighted by molar-refractivity contribution is 0.286. The van der Waals surface area contributed by atoms with Gasteiger partial charge in [-0.25, -0.2) is 0 Å². The summed E-state index contributed by atoms with van der Waals surface area (Å²) in [6, 6.07) is 4.00. The Hall–Kier alpha value is -1.06. The van der Waals surface area contributed by atoms with Gasteiger partial charge in [0.05, 0.1) is 0 Å². The van der Waals surface area contributed by atoms with Crippen LogP contribution in [0.1, 0.15) is 16.7 Å². The topological polar surface area (TPSA) is 35.5 Å². The molecule has 0 aliphatic carbocycles. The molecule has 0 aliphatic rings. The van der Waals surface area contributed by atoms with Crippen LogP contribution in [0.15, 0.2) is 12.1 Å². The Balaban J connectivity index is 2.79. The van der Waals surface area contributed by atoms with Gasteiger partial charge in [0.2, 0.25) is 0 Å². The first-order valence-corrected chi connectivity index (χ1v) is 4.70. The molecule has 3 heteroatoms. The number of hydrogen-bond acceptors (Lipinski definition) is 3. The van der Waals surface area contributed by atoms with Gasteiger partial charge in [-0.1, -0.05) is 12.1 Å². The Morgan fingerprint density at radius 1 is 1.21 bits per heavy atom. The highest BCUT2D eigenvalue weighted by Crippen LogP contribution is 2.22. The second-order valence-corrected chi connectivity index (χ2v) is 3.81. The van der Waals surface area contributed by atoms with Crippen LogP contribution in [0, 0.1) is 13.8 Å². The average Bonchev–Trinajstić information content (AvgIpc) is 2.10. The summed E-state index contributed by atoms with van der Waals surface area (Å²) in [5.41, 5.74) is 6.24. The predicted molar refractivity (Wildman–Crippen MR) is 58.1 cm³/mol. The van der Waals surface area contributed by atoms with Gasteiger partial charge in [-0.05, 0) is 30.5 Å². The van der Waals surface area contributed by atoms with E-state index in [1.54, 1.807) is 0 Å². The fraction of sp³-hybridized carbons (Fsp3) is 0.455. The van der Waals surface area contributed by atoms with Gasteiger partial charge in [-0.3, -0.25) is 10.4 Å². The molecule has 0 atom stereocenters. The van der Waals surface area contributed by atoms with E-state index in [2.05, 4.69) is 5.43 Å². The zero-order valence-corrected chi connectivity index (χ0v) is 9.26. The Labute approximate surface area is 85.3 Å². The van der Waals surface area contributed by atoms with Crippen molar-refractivity contribution < 1.29 is 5.11 Å². The van der Waals surface area contributed by atoms with Crippen LogP contribution in [0.25, 0.3) is 0 Å². The van der Waals surface area contributed by atoms with E-state index >= 15 is 0 Å². The van der Waals surface area contributed by atoms with Crippen molar-refractivity contribution in [1.82, 2.24) is 10.4 Å². The lowest BCUT2D eigenvalue weighted by Crippen LogP contribution is -2.29. The second-order valence-electron chi connectivity index (χ2n) is 3.81. The number of aromatic hydroxyl groups is 1. The number of hydrazine groups is 1. The van der Waals surface area contributed by atoms with E-state index in [0.717, 1.165) is 17.7 Å². The molecule has 0 spiro atoms. The minimum absolute atomic E-state index is 0.401. The third kappa shape index (κ3) is 2.72. The molecule has 14 heavy (non-hydrogen) atoms. The monoisotopic (exact) mass is 194 g/mol. The van der Waals surface area contributed by atoms with Gasteiger partial charge in [0.15, 0.2) is 0 Å². The third-order valence-electron chi connectivity index (χ3n) is 2.15. The summed E-state index contributed by atoms with van der Waals surface area (Å²) in [5, 5.41) is 11.5. The second kappa shape index (κ2) is 4.44. The number of hydrogen-bond donors (Lipinski definition) is 2. The summed E-state index contributed by atoms with van der Waals surface area (Å²) < 4.78 is 0. The lowest BCUT2D eigenvalue weighted by Gasteiger charge is -2.13. The largest absolute Gasteiger partial charge is 0.507 e. The molecule has 1 rings (SSSR count). The van der Waals surface area contributed by atoms with E-state index in [1.165, 1.54) is 5.56 Å². The molecular weight excluding hydrogens is 176 g/mol. The van der Waals surface area contributed by atoms with Crippen LogP contribution in [-0.4, -0.2) is 24.2 Å². The van der Waals surface area contributed by atoms with Crippen LogP contribution in [-0.2, 0) is 6.54 Å². The summed E-state index contributed by atoms with van der Waals surface area (Å²) >= 11 is 0. The molecule has 0 saturated carbocycles. The number of benzene rings is 1. The molecule has 1 aromatic rings. The van der Waals surface area contributed by atoms with Gasteiger partial charge in [0.25, 0.3) is 0 Å². The molecule has 0 amide bonds. The molecule has 0 unspecified atom stereocenters. The highest BCUT2D eigenvalue weighted by Gasteiger charge is 2.02. The Morgan fingerprint density at radius 3 is 2.14 bits per heavy atom. The van der Waals surface area contributed by atoms with E-state index in [4.69, 9.17) is 0 Å². The molecule has 0 saturated heterocycles. The van der Waals surface area contributed by atoms with Crippen molar-refractivity contribution in [2.24, 2.45) is 0 Å². The van der Waals surface area contributed by atoms with E-state index < -0.39 is 0 Å². The number of phenols is 1. The summed E-state index contributed by atoms with van der Waals surface area (Å²) in [4.78, 5) is 0. The zero-order valence-electron chi connectivity index (χ0n) is 9.26. The van der Waals surface area contributed by atoms with Crippen molar-refractivity contribution in [2.45, 2.75) is 20.4 Å². The summed E-state index contributed by atoms with van der Waals surface area (Å²) in [7, 11) is 3.92. The van der Waals surface area contributed by atoms with Gasteiger partial charge in [-0.15, -0.1) is 0 Å². The van der Waals surface area contributed by atoms with Crippen LogP contribution in [0.4, 0.5) is 0 Å². The average molecular weight is 194 g/mol. The molecule has 78 valence electrons. The van der Waals surface area contributed by atoms with E-state index in [-0.39, 0.29) is 0 Å². The van der Waals surface area contributed by atoms with Crippen LogP contribution in [0.3, 0.4) is 0 Å². The molecule has 0 aliphatic heterocycles. The first-order valence-electron chi connectivity index (χ1n) is 4.70. The van der Waals surface area contributed by atoms with E-state index in [9.17, 15) is 5.11 Å². The van der Waals surface area contributed by atoms with Crippen molar-refractivity contribution in [1.29, 1.82) is 0 Å². The number of nitrogens with zero attached hydrogens (tertiary/aromatic N) is 1. The Kier molecular flexibility index (Phi) is 3.49. The Morgan fingerprint density at radius 2 is 1.71 bits per heavy atom. The highest BCUT2D eigenvalue weighted by atomic mass is 16.3. The maximum atomic E-state index is 9.58. The van der Waals surface area contributed by atoms with Crippen LogP contribution < -0.4 is 5.43 Å². The quantitative estimate of drug-likeness (QED) is 0.717. The zero-order chi connectivity index (χ0) is 10.7. The van der Waals surface area contributed by atoms with E-state index in [0.29, 0.717) is 5.75 Å². The minimum atomic E-state index is 0.401. The summed E-state index contributed by atoms with van der Waals surface area (Å²) in [5.74, 6) is 0.401. The van der Waals surface area contributed by atoms with Crippen LogP contribution in [0.5, 0.6) is 5.75 Å². The molecule has 0 heterocycles. The van der Waals surface area contributed by atoms with Crippen molar-refractivity contribution in [3.63, 3.8) is 0 Å². The SMILES string of the molecule is Cc1cc(CNN(C)C)cc(C)c1O. The molecular formula is C11H18N2O. The predicted octanol–water partition coefficient (Wildman–Crippen LogP) is 1.58. The standard InChI is InChI=1S/C11H18N2O/c1-8-5-10(7-12-13(3)4)6-9(2)11(8)14/h5-6,12,14H,7H2,1-4H3. The molecule has 0 radical (unpaired) electrons. The van der Waals surface area contributed by atoms with Crippen molar-refractivity contribution in [3.05, 3.63) is 28.8 Å². The molecule has 0 aromatic heterocycles. The number of phenolic OH excluding ortho intramolecular Hbond substituents is 1. The maximum absolute atomic E-state index is 9.58. The first kappa shape index (κ1) is 11.0. The van der Waals surface area contributed by atoms with Crippen molar-refractivity contribution in [3.8, 4) is 5.75 Å². The van der Waals surface area contributed by atoms with Crippen LogP contribution >= 0.6 is 0 Å². The van der Waals surface area contributed by atoms with E-state index in [1.807, 2.05) is 45.1 Å². The fourth-order valence-corrected chi connectivity index (χ4v) is 1.40. The third-order valence-corrected chi connectivity index (χ3v) is 2.15. The highest BCUT2D eigenvalue weighted by molar-refractivity contribution is 5.42. The van der Waals surface area contributed by atoms with Gasteiger partial charge >= 0.3 is 0 Å². The normalized spacial score (nSPS) is 10.9. The molecule has 1 aromatic carbocycles. The lowest BCUT2D eigenvalue weighted by atomic mass is 10.1. The van der Waals surface area contributed by atoms with Gasteiger partial charge in [0, 0.05) is 20.6 Å². The fourth-order valence-electron chi connectivity index (χ4n) is 1.40.